The molecule has 0 unspecified atom stereocenters. The van der Waals surface area contributed by atoms with Crippen molar-refractivity contribution in [3.63, 3.8) is 0 Å². The molecule has 0 aliphatic carbocycles. The van der Waals surface area contributed by atoms with Crippen molar-refractivity contribution < 1.29 is 4.74 Å². The highest BCUT2D eigenvalue weighted by Crippen LogP contribution is 2.26. The molecule has 2 heterocycles. The minimum atomic E-state index is 0.375. The number of nitrogens with zero attached hydrogens (tertiary/aromatic N) is 4. The Morgan fingerprint density at radius 1 is 1.29 bits per heavy atom. The van der Waals surface area contributed by atoms with E-state index >= 15 is 0 Å². The molecule has 0 bridgehead atoms. The smallest absolute Gasteiger partial charge is 0.146 e. The molecule has 0 fully saturated rings. The molecule has 5 nitrogen and oxygen atoms in total. The molecule has 0 amide bonds. The topological polar surface area (TPSA) is 44.9 Å². The van der Waals surface area contributed by atoms with Crippen molar-refractivity contribution in [1.82, 2.24) is 19.3 Å². The van der Waals surface area contributed by atoms with Crippen molar-refractivity contribution in [2.75, 3.05) is 7.11 Å². The zero-order valence-corrected chi connectivity index (χ0v) is 12.8. The van der Waals surface area contributed by atoms with Gasteiger partial charge in [0.2, 0.25) is 0 Å². The number of aryl methyl sites for hydroxylation is 3. The summed E-state index contributed by atoms with van der Waals surface area (Å²) in [5.74, 6) is 2.00. The molecule has 0 radical (unpaired) electrons. The van der Waals surface area contributed by atoms with Crippen LogP contribution in [0, 0.1) is 0 Å². The molecule has 110 valence electrons. The normalized spacial score (nSPS) is 11.2. The molecule has 0 atom stereocenters. The van der Waals surface area contributed by atoms with E-state index in [0.717, 1.165) is 41.3 Å². The Morgan fingerprint density at radius 2 is 2.14 bits per heavy atom. The van der Waals surface area contributed by atoms with Crippen LogP contribution in [0.1, 0.15) is 11.5 Å². The van der Waals surface area contributed by atoms with Crippen molar-refractivity contribution in [1.29, 1.82) is 0 Å². The number of rotatable bonds is 5. The summed E-state index contributed by atoms with van der Waals surface area (Å²) < 4.78 is 9.32. The van der Waals surface area contributed by atoms with Gasteiger partial charge in [-0.05, 0) is 18.2 Å². The first kappa shape index (κ1) is 13.9. The Bertz CT molecular complexity index is 762. The number of fused-ring (bicyclic) bond motifs is 1. The Morgan fingerprint density at radius 3 is 2.81 bits per heavy atom. The molecule has 0 N–H and O–H groups in total. The molecule has 0 aliphatic heterocycles. The summed E-state index contributed by atoms with van der Waals surface area (Å²) in [7, 11) is 3.58. The number of benzene rings is 1. The van der Waals surface area contributed by atoms with Crippen molar-refractivity contribution in [2.45, 2.75) is 18.8 Å². The summed E-state index contributed by atoms with van der Waals surface area (Å²) in [5.41, 5.74) is 2.96. The second-order valence-corrected chi connectivity index (χ2v) is 5.14. The number of methoxy groups -OCH3 is 1. The van der Waals surface area contributed by atoms with E-state index in [4.69, 9.17) is 16.3 Å². The summed E-state index contributed by atoms with van der Waals surface area (Å²) in [4.78, 5) is 4.60. The summed E-state index contributed by atoms with van der Waals surface area (Å²) in [5, 5.41) is 4.40. The van der Waals surface area contributed by atoms with Crippen LogP contribution < -0.4 is 4.74 Å². The Labute approximate surface area is 128 Å². The molecular formula is C15H17ClN4O. The van der Waals surface area contributed by atoms with Crippen LogP contribution in [0.2, 0.25) is 0 Å². The number of para-hydroxylation sites is 1. The molecule has 3 aromatic rings. The van der Waals surface area contributed by atoms with Gasteiger partial charge in [-0.2, -0.15) is 5.10 Å². The monoisotopic (exact) mass is 304 g/mol. The molecule has 21 heavy (non-hydrogen) atoms. The van der Waals surface area contributed by atoms with Crippen molar-refractivity contribution in [3.05, 3.63) is 42.0 Å². The number of hydrogen-bond donors (Lipinski definition) is 0. The lowest BCUT2D eigenvalue weighted by Gasteiger charge is -2.07. The van der Waals surface area contributed by atoms with E-state index < -0.39 is 0 Å². The molecule has 3 rings (SSSR count). The van der Waals surface area contributed by atoms with Crippen LogP contribution in [0.15, 0.2) is 30.5 Å². The number of alkyl halides is 1. The number of ether oxygens (including phenoxy) is 1. The van der Waals surface area contributed by atoms with Crippen LogP contribution in [0.4, 0.5) is 0 Å². The van der Waals surface area contributed by atoms with Crippen molar-refractivity contribution >= 4 is 22.6 Å². The highest BCUT2D eigenvalue weighted by Gasteiger charge is 2.13. The second-order valence-electron chi connectivity index (χ2n) is 4.87. The summed E-state index contributed by atoms with van der Waals surface area (Å²) in [6, 6.07) is 7.95. The number of aromatic nitrogens is 4. The van der Waals surface area contributed by atoms with Gasteiger partial charge in [-0.25, -0.2) is 4.98 Å². The zero-order valence-electron chi connectivity index (χ0n) is 12.1. The van der Waals surface area contributed by atoms with Gasteiger partial charge < -0.3 is 9.30 Å². The second kappa shape index (κ2) is 5.77. The molecule has 0 saturated heterocycles. The summed E-state index contributed by atoms with van der Waals surface area (Å²) in [6.07, 6.45) is 2.79. The highest BCUT2D eigenvalue weighted by atomic mass is 35.5. The van der Waals surface area contributed by atoms with Gasteiger partial charge in [-0.1, -0.05) is 6.07 Å². The van der Waals surface area contributed by atoms with Gasteiger partial charge in [-0.15, -0.1) is 11.6 Å². The van der Waals surface area contributed by atoms with Crippen LogP contribution >= 0.6 is 11.6 Å². The summed E-state index contributed by atoms with van der Waals surface area (Å²) in [6.45, 7) is 0.794. The fourth-order valence-electron chi connectivity index (χ4n) is 2.51. The van der Waals surface area contributed by atoms with Gasteiger partial charge in [0.15, 0.2) is 0 Å². The average Bonchev–Trinajstić information content (AvgIpc) is 3.07. The number of hydrogen-bond acceptors (Lipinski definition) is 3. The van der Waals surface area contributed by atoms with E-state index in [1.807, 2.05) is 42.2 Å². The first-order valence-corrected chi connectivity index (χ1v) is 7.33. The molecule has 2 aromatic heterocycles. The first-order valence-electron chi connectivity index (χ1n) is 6.79. The third kappa shape index (κ3) is 2.61. The van der Waals surface area contributed by atoms with Crippen LogP contribution in [0.25, 0.3) is 11.0 Å². The fraction of sp³-hybridized carbons (Fsp3) is 0.333. The molecule has 0 spiro atoms. The molecular weight excluding hydrogens is 288 g/mol. The average molecular weight is 305 g/mol. The third-order valence-electron chi connectivity index (χ3n) is 3.52. The van der Waals surface area contributed by atoms with Crippen LogP contribution in [0.5, 0.6) is 5.75 Å². The minimum absolute atomic E-state index is 0.375. The lowest BCUT2D eigenvalue weighted by atomic mass is 10.2. The van der Waals surface area contributed by atoms with E-state index in [1.54, 1.807) is 7.11 Å². The zero-order chi connectivity index (χ0) is 14.8. The fourth-order valence-corrected chi connectivity index (χ4v) is 2.71. The lowest BCUT2D eigenvalue weighted by molar-refractivity contribution is 0.419. The van der Waals surface area contributed by atoms with Gasteiger partial charge in [0.25, 0.3) is 0 Å². The van der Waals surface area contributed by atoms with Gasteiger partial charge in [0, 0.05) is 26.2 Å². The minimum Gasteiger partial charge on any atom is -0.494 e. The van der Waals surface area contributed by atoms with E-state index in [2.05, 4.69) is 14.6 Å². The molecule has 6 heteroatoms. The Hall–Kier alpha value is -2.01. The molecule has 0 saturated carbocycles. The molecule has 1 aromatic carbocycles. The van der Waals surface area contributed by atoms with E-state index in [0.29, 0.717) is 5.88 Å². The predicted molar refractivity (Wildman–Crippen MR) is 82.8 cm³/mol. The predicted octanol–water partition coefficient (Wildman–Crippen LogP) is 2.76. The van der Waals surface area contributed by atoms with Crippen LogP contribution in [0.3, 0.4) is 0 Å². The van der Waals surface area contributed by atoms with E-state index in [-0.39, 0.29) is 0 Å². The van der Waals surface area contributed by atoms with Crippen LogP contribution in [-0.4, -0.2) is 26.4 Å². The van der Waals surface area contributed by atoms with Gasteiger partial charge in [0.05, 0.1) is 24.2 Å². The van der Waals surface area contributed by atoms with Gasteiger partial charge >= 0.3 is 0 Å². The van der Waals surface area contributed by atoms with Crippen molar-refractivity contribution in [2.24, 2.45) is 7.05 Å². The quantitative estimate of drug-likeness (QED) is 0.681. The Balaban J connectivity index is 1.96. The maximum atomic E-state index is 6.04. The molecule has 0 aliphatic rings. The largest absolute Gasteiger partial charge is 0.494 e. The van der Waals surface area contributed by atoms with Gasteiger partial charge in [0.1, 0.15) is 17.1 Å². The SMILES string of the molecule is COc1cccc2c1nc(CCl)n2CCc1ccn(C)n1. The maximum absolute atomic E-state index is 6.04. The Kier molecular flexibility index (Phi) is 3.84. The van der Waals surface area contributed by atoms with Crippen LogP contribution in [-0.2, 0) is 25.9 Å². The first-order chi connectivity index (χ1) is 10.2. The third-order valence-corrected chi connectivity index (χ3v) is 3.76. The van der Waals surface area contributed by atoms with Gasteiger partial charge in [-0.3, -0.25) is 4.68 Å². The number of imidazole rings is 1. The number of halogens is 1. The maximum Gasteiger partial charge on any atom is 0.146 e. The van der Waals surface area contributed by atoms with E-state index in [1.165, 1.54) is 0 Å². The lowest BCUT2D eigenvalue weighted by Crippen LogP contribution is -2.05. The highest BCUT2D eigenvalue weighted by molar-refractivity contribution is 6.16. The summed E-state index contributed by atoms with van der Waals surface area (Å²) >= 11 is 6.04. The van der Waals surface area contributed by atoms with E-state index in [9.17, 15) is 0 Å². The van der Waals surface area contributed by atoms with Crippen molar-refractivity contribution in [3.8, 4) is 5.75 Å². The standard InChI is InChI=1S/C15H17ClN4O/c1-19-8-6-11(18-19)7-9-20-12-4-3-5-13(21-2)15(12)17-14(20)10-16/h3-6,8H,7,9-10H2,1-2H3.